The van der Waals surface area contributed by atoms with Gasteiger partial charge in [0.1, 0.15) is 23.8 Å². The van der Waals surface area contributed by atoms with Crippen molar-refractivity contribution in [3.05, 3.63) is 71.6 Å². The molecule has 1 heterocycles. The van der Waals surface area contributed by atoms with Gasteiger partial charge in [-0.25, -0.2) is 9.71 Å². The lowest BCUT2D eigenvalue weighted by atomic mass is 10.1. The van der Waals surface area contributed by atoms with E-state index in [1.165, 1.54) is 16.5 Å². The van der Waals surface area contributed by atoms with E-state index in [9.17, 15) is 0 Å². The lowest BCUT2D eigenvalue weighted by Crippen LogP contribution is -2.08. The summed E-state index contributed by atoms with van der Waals surface area (Å²) in [5.74, 6) is 2.20. The fourth-order valence-electron chi connectivity index (χ4n) is 2.42. The Hall–Kier alpha value is -1.89. The van der Waals surface area contributed by atoms with Gasteiger partial charge in [-0.3, -0.25) is 0 Å². The van der Waals surface area contributed by atoms with Crippen molar-refractivity contribution in [3.63, 3.8) is 0 Å². The average molecular weight is 373 g/mol. The Balaban J connectivity index is 1.65. The molecule has 1 aromatic heterocycles. The van der Waals surface area contributed by atoms with E-state index in [0.29, 0.717) is 12.5 Å². The summed E-state index contributed by atoms with van der Waals surface area (Å²) in [4.78, 5) is 4.55. The molecule has 25 heavy (non-hydrogen) atoms. The highest BCUT2D eigenvalue weighted by Crippen LogP contribution is 2.24. The van der Waals surface area contributed by atoms with Crippen LogP contribution in [0.25, 0.3) is 11.5 Å². The summed E-state index contributed by atoms with van der Waals surface area (Å²) in [6.45, 7) is 4.37. The van der Waals surface area contributed by atoms with E-state index in [1.54, 1.807) is 0 Å². The smallest absolute Gasteiger partial charge is 0.226 e. The molecule has 0 aliphatic rings. The van der Waals surface area contributed by atoms with Crippen LogP contribution in [0.2, 0.25) is 0 Å². The van der Waals surface area contributed by atoms with Crippen molar-refractivity contribution in [2.75, 3.05) is 0 Å². The van der Waals surface area contributed by atoms with Gasteiger partial charge in [0.25, 0.3) is 0 Å². The second-order valence-corrected chi connectivity index (χ2v) is 6.64. The Morgan fingerprint density at radius 1 is 1.16 bits per heavy atom. The van der Waals surface area contributed by atoms with Gasteiger partial charge in [-0.1, -0.05) is 42.0 Å². The van der Waals surface area contributed by atoms with Crippen LogP contribution < -0.4 is 9.46 Å². The molecule has 0 aliphatic heterocycles. The van der Waals surface area contributed by atoms with Gasteiger partial charge in [-0.15, -0.1) is 0 Å². The molecule has 0 radical (unpaired) electrons. The van der Waals surface area contributed by atoms with E-state index >= 15 is 0 Å². The van der Waals surface area contributed by atoms with Crippen molar-refractivity contribution in [2.24, 2.45) is 0 Å². The van der Waals surface area contributed by atoms with Crippen LogP contribution in [-0.4, -0.2) is 4.98 Å². The van der Waals surface area contributed by atoms with Gasteiger partial charge < -0.3 is 9.15 Å². The summed E-state index contributed by atoms with van der Waals surface area (Å²) in [6, 6.07) is 18.1. The molecular weight excluding hydrogens is 352 g/mol. The van der Waals surface area contributed by atoms with Crippen molar-refractivity contribution >= 4 is 22.6 Å². The first-order valence-corrected chi connectivity index (χ1v) is 9.84. The molecule has 1 unspecified atom stereocenters. The van der Waals surface area contributed by atoms with Crippen molar-refractivity contribution in [3.8, 4) is 17.2 Å². The number of aromatic nitrogens is 1. The van der Waals surface area contributed by atoms with Crippen molar-refractivity contribution < 1.29 is 9.15 Å². The molecule has 3 aromatic rings. The van der Waals surface area contributed by atoms with Crippen molar-refractivity contribution in [2.45, 2.75) is 26.5 Å². The van der Waals surface area contributed by atoms with Gasteiger partial charge in [0.2, 0.25) is 5.89 Å². The Morgan fingerprint density at radius 2 is 1.88 bits per heavy atom. The summed E-state index contributed by atoms with van der Waals surface area (Å²) in [5.41, 5.74) is 2.95. The Kier molecular flexibility index (Phi) is 6.07. The monoisotopic (exact) mass is 372 g/mol. The zero-order valence-electron chi connectivity index (χ0n) is 14.1. The van der Waals surface area contributed by atoms with E-state index in [-0.39, 0.29) is 6.04 Å². The second kappa shape index (κ2) is 8.47. The predicted molar refractivity (Wildman–Crippen MR) is 106 cm³/mol. The van der Waals surface area contributed by atoms with Gasteiger partial charge in [0, 0.05) is 11.6 Å². The molecular formula is C19H20N2O2S2. The lowest BCUT2D eigenvalue weighted by molar-refractivity contribution is 0.299. The number of nitrogens with one attached hydrogen (secondary N) is 1. The quantitative estimate of drug-likeness (QED) is 0.331. The Morgan fingerprint density at radius 3 is 2.56 bits per heavy atom. The summed E-state index contributed by atoms with van der Waals surface area (Å²) in [6.07, 6.45) is 0. The molecule has 4 nitrogen and oxygen atoms in total. The van der Waals surface area contributed by atoms with E-state index in [0.717, 1.165) is 22.8 Å². The molecule has 3 rings (SSSR count). The summed E-state index contributed by atoms with van der Waals surface area (Å²) < 4.78 is 14.8. The molecule has 2 aromatic carbocycles. The van der Waals surface area contributed by atoms with Crippen LogP contribution in [0.1, 0.15) is 30.0 Å². The molecule has 130 valence electrons. The first-order chi connectivity index (χ1) is 12.2. The number of nitrogens with zero attached hydrogens (tertiary/aromatic N) is 1. The molecule has 0 aliphatic carbocycles. The minimum atomic E-state index is 0.225. The Labute approximate surface area is 156 Å². The average Bonchev–Trinajstić information content (AvgIpc) is 3.02. The largest absolute Gasteiger partial charge is 0.487 e. The minimum absolute atomic E-state index is 0.225. The zero-order chi connectivity index (χ0) is 17.6. The highest BCUT2D eigenvalue weighted by molar-refractivity contribution is 8.67. The third-order valence-electron chi connectivity index (χ3n) is 3.90. The summed E-state index contributed by atoms with van der Waals surface area (Å²) in [7, 11) is 1.31. The van der Waals surface area contributed by atoms with Crippen LogP contribution in [-0.2, 0) is 6.61 Å². The number of benzene rings is 2. The normalized spacial score (nSPS) is 12.1. The Bertz CT molecular complexity index is 804. The highest BCUT2D eigenvalue weighted by Gasteiger charge is 2.12. The fraction of sp³-hybridized carbons (Fsp3) is 0.211. The van der Waals surface area contributed by atoms with Gasteiger partial charge in [0.05, 0.1) is 0 Å². The number of ether oxygens (including phenoxy) is 1. The number of rotatable bonds is 7. The lowest BCUT2D eigenvalue weighted by Gasteiger charge is -2.12. The standard InChI is InChI=1S/C19H20N2O2S2/c1-13(21-25-24)15-8-10-17(11-9-15)22-12-18-14(2)23-19(20-18)16-6-4-3-5-7-16/h3-11,13,21,24H,12H2,1-2H3. The van der Waals surface area contributed by atoms with Crippen LogP contribution in [0.5, 0.6) is 5.75 Å². The molecule has 0 spiro atoms. The van der Waals surface area contributed by atoms with Gasteiger partial charge in [-0.2, -0.15) is 0 Å². The zero-order valence-corrected chi connectivity index (χ0v) is 15.8. The molecule has 0 saturated heterocycles. The molecule has 0 bridgehead atoms. The van der Waals surface area contributed by atoms with Gasteiger partial charge >= 0.3 is 0 Å². The van der Waals surface area contributed by atoms with E-state index < -0.39 is 0 Å². The van der Waals surface area contributed by atoms with Crippen molar-refractivity contribution in [1.29, 1.82) is 0 Å². The van der Waals surface area contributed by atoms with Crippen LogP contribution >= 0.6 is 22.6 Å². The molecule has 0 fully saturated rings. The maximum atomic E-state index is 5.85. The molecule has 1 N–H and O–H groups in total. The van der Waals surface area contributed by atoms with Crippen LogP contribution in [0.15, 0.2) is 59.0 Å². The number of thiol groups is 1. The molecule has 1 atom stereocenters. The number of hydrogen-bond donors (Lipinski definition) is 2. The first-order valence-electron chi connectivity index (χ1n) is 7.98. The van der Waals surface area contributed by atoms with Gasteiger partial charge in [-0.05, 0) is 54.7 Å². The maximum absolute atomic E-state index is 5.85. The van der Waals surface area contributed by atoms with Crippen molar-refractivity contribution in [1.82, 2.24) is 9.71 Å². The predicted octanol–water partition coefficient (Wildman–Crippen LogP) is 5.37. The number of hydrogen-bond acceptors (Lipinski definition) is 6. The van der Waals surface area contributed by atoms with Gasteiger partial charge in [0.15, 0.2) is 0 Å². The number of oxazole rings is 1. The van der Waals surface area contributed by atoms with E-state index in [2.05, 4.69) is 28.3 Å². The van der Waals surface area contributed by atoms with Crippen LogP contribution in [0, 0.1) is 6.92 Å². The fourth-order valence-corrected chi connectivity index (χ4v) is 3.19. The van der Waals surface area contributed by atoms with E-state index in [4.69, 9.17) is 9.15 Å². The third-order valence-corrected chi connectivity index (χ3v) is 4.67. The van der Waals surface area contributed by atoms with E-state index in [1.807, 2.05) is 61.5 Å². The second-order valence-electron chi connectivity index (χ2n) is 5.68. The molecule has 0 saturated carbocycles. The summed E-state index contributed by atoms with van der Waals surface area (Å²) in [5, 5.41) is 0. The first kappa shape index (κ1) is 17.9. The number of aryl methyl sites for hydroxylation is 1. The highest BCUT2D eigenvalue weighted by atomic mass is 33.1. The van der Waals surface area contributed by atoms with Crippen LogP contribution in [0.4, 0.5) is 0 Å². The summed E-state index contributed by atoms with van der Waals surface area (Å²) >= 11 is 4.11. The molecule has 0 amide bonds. The SMILES string of the molecule is Cc1oc(-c2ccccc2)nc1COc1ccc(C(C)NSS)cc1. The maximum Gasteiger partial charge on any atom is 0.226 e. The van der Waals surface area contributed by atoms with Crippen LogP contribution in [0.3, 0.4) is 0 Å². The minimum Gasteiger partial charge on any atom is -0.487 e. The topological polar surface area (TPSA) is 47.3 Å². The molecule has 6 heteroatoms. The third kappa shape index (κ3) is 4.60.